The molecule has 0 saturated carbocycles. The lowest BCUT2D eigenvalue weighted by molar-refractivity contribution is 0.0510. The van der Waals surface area contributed by atoms with E-state index in [0.29, 0.717) is 0 Å². The van der Waals surface area contributed by atoms with Crippen LogP contribution in [-0.4, -0.2) is 17.1 Å². The number of rotatable bonds is 4. The molecule has 0 aliphatic heterocycles. The Hall–Kier alpha value is -2.52. The zero-order valence-electron chi connectivity index (χ0n) is 12.7. The monoisotopic (exact) mass is 290 g/mol. The van der Waals surface area contributed by atoms with Crippen LogP contribution in [-0.2, 0) is 10.3 Å². The van der Waals surface area contributed by atoms with Crippen molar-refractivity contribution in [2.75, 3.05) is 7.11 Å². The Labute approximate surface area is 130 Å². The van der Waals surface area contributed by atoms with Crippen molar-refractivity contribution in [2.24, 2.45) is 0 Å². The quantitative estimate of drug-likeness (QED) is 0.734. The van der Waals surface area contributed by atoms with E-state index in [-0.39, 0.29) is 0 Å². The predicted octanol–water partition coefficient (Wildman–Crippen LogP) is 3.72. The summed E-state index contributed by atoms with van der Waals surface area (Å²) < 4.78 is 6.03. The molecular weight excluding hydrogens is 272 g/mol. The van der Waals surface area contributed by atoms with Gasteiger partial charge in [-0.1, -0.05) is 42.0 Å². The van der Waals surface area contributed by atoms with Crippen molar-refractivity contribution < 1.29 is 4.74 Å². The summed E-state index contributed by atoms with van der Waals surface area (Å²) in [5, 5.41) is 0. The lowest BCUT2D eigenvalue weighted by Gasteiger charge is -2.32. The molecule has 0 atom stereocenters. The molecule has 2 aromatic heterocycles. The van der Waals surface area contributed by atoms with E-state index in [1.54, 1.807) is 19.5 Å². The molecule has 0 aliphatic rings. The van der Waals surface area contributed by atoms with E-state index >= 15 is 0 Å². The van der Waals surface area contributed by atoms with Crippen LogP contribution in [0.2, 0.25) is 0 Å². The molecule has 0 bridgehead atoms. The van der Waals surface area contributed by atoms with Crippen LogP contribution >= 0.6 is 0 Å². The summed E-state index contributed by atoms with van der Waals surface area (Å²) in [5.41, 5.74) is 3.02. The molecule has 0 saturated heterocycles. The maximum absolute atomic E-state index is 6.03. The first-order chi connectivity index (χ1) is 10.8. The minimum absolute atomic E-state index is 0.811. The van der Waals surface area contributed by atoms with Crippen LogP contribution in [0.5, 0.6) is 0 Å². The molecular formula is C19H18N2O. The number of nitrogens with zero attached hydrogens (tertiary/aromatic N) is 2. The summed E-state index contributed by atoms with van der Waals surface area (Å²) >= 11 is 0. The Kier molecular flexibility index (Phi) is 3.98. The number of methoxy groups -OCH3 is 1. The molecule has 110 valence electrons. The molecule has 3 aromatic rings. The highest BCUT2D eigenvalue weighted by Gasteiger charge is 2.39. The van der Waals surface area contributed by atoms with Crippen LogP contribution in [0.15, 0.2) is 73.1 Å². The van der Waals surface area contributed by atoms with Crippen LogP contribution < -0.4 is 0 Å². The fourth-order valence-corrected chi connectivity index (χ4v) is 2.76. The van der Waals surface area contributed by atoms with Crippen LogP contribution in [0.3, 0.4) is 0 Å². The first kappa shape index (κ1) is 14.4. The van der Waals surface area contributed by atoms with Gasteiger partial charge in [-0.25, -0.2) is 0 Å². The molecule has 0 amide bonds. The summed E-state index contributed by atoms with van der Waals surface area (Å²) in [4.78, 5) is 9.08. The van der Waals surface area contributed by atoms with Gasteiger partial charge in [0.2, 0.25) is 0 Å². The van der Waals surface area contributed by atoms with Crippen LogP contribution in [0.25, 0.3) is 0 Å². The van der Waals surface area contributed by atoms with Gasteiger partial charge in [-0.15, -0.1) is 0 Å². The van der Waals surface area contributed by atoms with Crippen LogP contribution in [0.1, 0.15) is 22.5 Å². The van der Waals surface area contributed by atoms with Crippen LogP contribution in [0, 0.1) is 6.92 Å². The summed E-state index contributed by atoms with van der Waals surface area (Å²) in [7, 11) is 1.70. The fourth-order valence-electron chi connectivity index (χ4n) is 2.76. The van der Waals surface area contributed by atoms with Gasteiger partial charge in [0.05, 0.1) is 11.4 Å². The van der Waals surface area contributed by atoms with E-state index < -0.39 is 5.60 Å². The van der Waals surface area contributed by atoms with Crippen molar-refractivity contribution in [3.63, 3.8) is 0 Å². The Balaban J connectivity index is 2.31. The molecule has 0 N–H and O–H groups in total. The molecule has 0 radical (unpaired) electrons. The molecule has 0 spiro atoms. The highest BCUT2D eigenvalue weighted by Crippen LogP contribution is 2.37. The van der Waals surface area contributed by atoms with Crippen molar-refractivity contribution in [2.45, 2.75) is 12.5 Å². The lowest BCUT2D eigenvalue weighted by Crippen LogP contribution is -2.33. The average Bonchev–Trinajstić information content (AvgIpc) is 2.58. The molecule has 22 heavy (non-hydrogen) atoms. The molecule has 3 rings (SSSR count). The van der Waals surface area contributed by atoms with Gasteiger partial charge in [0, 0.05) is 19.5 Å². The third-order valence-electron chi connectivity index (χ3n) is 3.78. The second-order valence-corrected chi connectivity index (χ2v) is 5.18. The minimum atomic E-state index is -0.811. The SMILES string of the molecule is COC(c1cccc(C)c1)(c1ccccn1)c1ccccn1. The van der Waals surface area contributed by atoms with E-state index in [9.17, 15) is 0 Å². The minimum Gasteiger partial charge on any atom is -0.361 e. The van der Waals surface area contributed by atoms with Crippen molar-refractivity contribution in [1.29, 1.82) is 0 Å². The largest absolute Gasteiger partial charge is 0.361 e. The van der Waals surface area contributed by atoms with Gasteiger partial charge in [-0.05, 0) is 36.8 Å². The van der Waals surface area contributed by atoms with Gasteiger partial charge in [0.1, 0.15) is 0 Å². The summed E-state index contributed by atoms with van der Waals surface area (Å²) in [6.07, 6.45) is 3.56. The fraction of sp³-hybridized carbons (Fsp3) is 0.158. The van der Waals surface area contributed by atoms with Gasteiger partial charge in [-0.2, -0.15) is 0 Å². The second kappa shape index (κ2) is 6.08. The number of benzene rings is 1. The Morgan fingerprint density at radius 1 is 0.818 bits per heavy atom. The Bertz CT molecular complexity index is 702. The van der Waals surface area contributed by atoms with Crippen molar-refractivity contribution in [3.8, 4) is 0 Å². The Morgan fingerprint density at radius 2 is 1.45 bits per heavy atom. The van der Waals surface area contributed by atoms with Gasteiger partial charge in [0.15, 0.2) is 5.60 Å². The smallest absolute Gasteiger partial charge is 0.176 e. The molecule has 1 aromatic carbocycles. The zero-order chi connectivity index (χ0) is 15.4. The van der Waals surface area contributed by atoms with E-state index in [1.165, 1.54) is 5.56 Å². The molecule has 0 unspecified atom stereocenters. The highest BCUT2D eigenvalue weighted by atomic mass is 16.5. The molecule has 3 heteroatoms. The van der Waals surface area contributed by atoms with Gasteiger partial charge in [-0.3, -0.25) is 9.97 Å². The number of hydrogen-bond acceptors (Lipinski definition) is 3. The van der Waals surface area contributed by atoms with Gasteiger partial charge < -0.3 is 4.74 Å². The van der Waals surface area contributed by atoms with Gasteiger partial charge >= 0.3 is 0 Å². The first-order valence-corrected chi connectivity index (χ1v) is 7.22. The number of hydrogen-bond donors (Lipinski definition) is 0. The second-order valence-electron chi connectivity index (χ2n) is 5.18. The highest BCUT2D eigenvalue weighted by molar-refractivity contribution is 5.43. The lowest BCUT2D eigenvalue weighted by atomic mass is 9.85. The van der Waals surface area contributed by atoms with Crippen molar-refractivity contribution >= 4 is 0 Å². The standard InChI is InChI=1S/C19H18N2O/c1-15-8-7-9-16(14-15)19(22-2,17-10-3-5-12-20-17)18-11-4-6-13-21-18/h3-14H,1-2H3. The molecule has 2 heterocycles. The normalized spacial score (nSPS) is 11.4. The number of ether oxygens (including phenoxy) is 1. The summed E-state index contributed by atoms with van der Waals surface area (Å²) in [5.74, 6) is 0. The first-order valence-electron chi connectivity index (χ1n) is 7.22. The van der Waals surface area contributed by atoms with Crippen LogP contribution in [0.4, 0.5) is 0 Å². The van der Waals surface area contributed by atoms with Crippen molar-refractivity contribution in [1.82, 2.24) is 9.97 Å². The van der Waals surface area contributed by atoms with Crippen molar-refractivity contribution in [3.05, 3.63) is 95.6 Å². The predicted molar refractivity (Wildman–Crippen MR) is 86.5 cm³/mol. The van der Waals surface area contributed by atoms with Gasteiger partial charge in [0.25, 0.3) is 0 Å². The number of pyridine rings is 2. The topological polar surface area (TPSA) is 35.0 Å². The Morgan fingerprint density at radius 3 is 1.91 bits per heavy atom. The summed E-state index contributed by atoms with van der Waals surface area (Å²) in [6.45, 7) is 2.07. The number of aromatic nitrogens is 2. The zero-order valence-corrected chi connectivity index (χ0v) is 12.7. The third kappa shape index (κ3) is 2.40. The summed E-state index contributed by atoms with van der Waals surface area (Å²) in [6, 6.07) is 20.0. The molecule has 3 nitrogen and oxygen atoms in total. The molecule has 0 fully saturated rings. The van der Waals surface area contributed by atoms with E-state index in [4.69, 9.17) is 4.74 Å². The molecule has 0 aliphatic carbocycles. The van der Waals surface area contributed by atoms with E-state index in [2.05, 4.69) is 35.1 Å². The van der Waals surface area contributed by atoms with E-state index in [1.807, 2.05) is 42.5 Å². The number of aryl methyl sites for hydroxylation is 1. The maximum atomic E-state index is 6.03. The maximum Gasteiger partial charge on any atom is 0.176 e. The third-order valence-corrected chi connectivity index (χ3v) is 3.78. The average molecular weight is 290 g/mol. The van der Waals surface area contributed by atoms with E-state index in [0.717, 1.165) is 17.0 Å².